The van der Waals surface area contributed by atoms with Gasteiger partial charge in [0.05, 0.1) is 18.8 Å². The first-order chi connectivity index (χ1) is 13.0. The van der Waals surface area contributed by atoms with Crippen molar-refractivity contribution in [1.29, 1.82) is 0 Å². The molecule has 0 bridgehead atoms. The number of hydrogen-bond donors (Lipinski definition) is 0. The molecular formula is C15H16F6N4O2S. The number of methoxy groups -OCH3 is 1. The van der Waals surface area contributed by atoms with Gasteiger partial charge in [-0.15, -0.1) is 0 Å². The number of imidazole rings is 1. The molecule has 1 aliphatic heterocycles. The number of aromatic nitrogens is 3. The van der Waals surface area contributed by atoms with Crippen molar-refractivity contribution in [2.24, 2.45) is 5.92 Å². The Labute approximate surface area is 159 Å². The van der Waals surface area contributed by atoms with Crippen molar-refractivity contribution in [3.63, 3.8) is 0 Å². The molecule has 0 radical (unpaired) electrons. The van der Waals surface area contributed by atoms with Crippen molar-refractivity contribution in [2.45, 2.75) is 44.8 Å². The normalized spacial score (nSPS) is 18.6. The van der Waals surface area contributed by atoms with Crippen molar-refractivity contribution in [3.05, 3.63) is 16.4 Å². The summed E-state index contributed by atoms with van der Waals surface area (Å²) in [5, 5.41) is 4.17. The zero-order valence-corrected chi connectivity index (χ0v) is 15.4. The number of halogens is 6. The Morgan fingerprint density at radius 1 is 1.25 bits per heavy atom. The van der Waals surface area contributed by atoms with E-state index in [-0.39, 0.29) is 36.6 Å². The summed E-state index contributed by atoms with van der Waals surface area (Å²) in [5.74, 6) is -1.02. The molecule has 2 aromatic rings. The Morgan fingerprint density at radius 2 is 1.96 bits per heavy atom. The highest BCUT2D eigenvalue weighted by Gasteiger charge is 2.41. The van der Waals surface area contributed by atoms with Gasteiger partial charge in [0.25, 0.3) is 0 Å². The minimum atomic E-state index is -4.76. The SMILES string of the molecule is COCc1nn2c(C(F)(F)F)c(CN3CC(CCC(F)(F)F)CC3=O)nc2s1. The van der Waals surface area contributed by atoms with Gasteiger partial charge in [-0.05, 0) is 12.3 Å². The molecule has 1 atom stereocenters. The van der Waals surface area contributed by atoms with E-state index < -0.39 is 42.8 Å². The Bertz CT molecular complexity index is 859. The van der Waals surface area contributed by atoms with Gasteiger partial charge in [-0.3, -0.25) is 4.79 Å². The number of hydrogen-bond acceptors (Lipinski definition) is 5. The van der Waals surface area contributed by atoms with Gasteiger partial charge in [-0.2, -0.15) is 36.0 Å². The maximum absolute atomic E-state index is 13.6. The molecule has 3 rings (SSSR count). The van der Waals surface area contributed by atoms with E-state index in [0.29, 0.717) is 9.52 Å². The number of amides is 1. The van der Waals surface area contributed by atoms with Gasteiger partial charge >= 0.3 is 12.4 Å². The maximum Gasteiger partial charge on any atom is 0.435 e. The molecule has 0 aliphatic carbocycles. The molecule has 6 nitrogen and oxygen atoms in total. The third kappa shape index (κ3) is 4.57. The van der Waals surface area contributed by atoms with E-state index >= 15 is 0 Å². The topological polar surface area (TPSA) is 59.7 Å². The molecule has 1 amide bonds. The van der Waals surface area contributed by atoms with Gasteiger partial charge in [0, 0.05) is 26.5 Å². The molecule has 1 saturated heterocycles. The first kappa shape index (κ1) is 20.8. The zero-order chi connectivity index (χ0) is 20.7. The summed E-state index contributed by atoms with van der Waals surface area (Å²) in [4.78, 5) is 17.2. The summed E-state index contributed by atoms with van der Waals surface area (Å²) in [5.41, 5.74) is -1.47. The van der Waals surface area contributed by atoms with Crippen LogP contribution in [-0.4, -0.2) is 45.2 Å². The Hall–Kier alpha value is -1.89. The summed E-state index contributed by atoms with van der Waals surface area (Å²) in [6.07, 6.45) is -10.5. The fourth-order valence-electron chi connectivity index (χ4n) is 3.15. The second-order valence-corrected chi connectivity index (χ2v) is 7.57. The second kappa shape index (κ2) is 7.50. The van der Waals surface area contributed by atoms with Crippen LogP contribution in [0, 0.1) is 5.92 Å². The van der Waals surface area contributed by atoms with Crippen LogP contribution in [0.3, 0.4) is 0 Å². The largest absolute Gasteiger partial charge is 0.435 e. The number of carbonyl (C=O) groups excluding carboxylic acids is 1. The molecule has 28 heavy (non-hydrogen) atoms. The van der Waals surface area contributed by atoms with Crippen LogP contribution in [0.5, 0.6) is 0 Å². The minimum absolute atomic E-state index is 0.00893. The molecule has 156 valence electrons. The van der Waals surface area contributed by atoms with Crippen LogP contribution in [0.1, 0.15) is 35.7 Å². The molecule has 1 fully saturated rings. The highest BCUT2D eigenvalue weighted by Crippen LogP contribution is 2.36. The van der Waals surface area contributed by atoms with Gasteiger partial charge in [-0.25, -0.2) is 4.98 Å². The molecule has 13 heteroatoms. The monoisotopic (exact) mass is 430 g/mol. The summed E-state index contributed by atoms with van der Waals surface area (Å²) >= 11 is 0.930. The van der Waals surface area contributed by atoms with Gasteiger partial charge in [-0.1, -0.05) is 11.3 Å². The highest BCUT2D eigenvalue weighted by molar-refractivity contribution is 7.16. The van der Waals surface area contributed by atoms with E-state index in [4.69, 9.17) is 4.74 Å². The van der Waals surface area contributed by atoms with Crippen LogP contribution in [0.2, 0.25) is 0 Å². The van der Waals surface area contributed by atoms with Crippen molar-refractivity contribution >= 4 is 22.2 Å². The van der Waals surface area contributed by atoms with Crippen molar-refractivity contribution in [2.75, 3.05) is 13.7 Å². The van der Waals surface area contributed by atoms with Crippen molar-refractivity contribution in [1.82, 2.24) is 19.5 Å². The fraction of sp³-hybridized carbons (Fsp3) is 0.667. The molecule has 1 unspecified atom stereocenters. The third-order valence-corrected chi connectivity index (χ3v) is 5.21. The summed E-state index contributed by atoms with van der Waals surface area (Å²) in [6, 6.07) is 0. The maximum atomic E-state index is 13.6. The lowest BCUT2D eigenvalue weighted by atomic mass is 10.0. The van der Waals surface area contributed by atoms with Crippen LogP contribution < -0.4 is 0 Å². The lowest BCUT2D eigenvalue weighted by Crippen LogP contribution is -2.27. The summed E-state index contributed by atoms with van der Waals surface area (Å²) in [7, 11) is 1.38. The number of carbonyl (C=O) groups is 1. The number of nitrogens with zero attached hydrogens (tertiary/aromatic N) is 4. The second-order valence-electron chi connectivity index (χ2n) is 6.53. The number of ether oxygens (including phenoxy) is 1. The van der Waals surface area contributed by atoms with E-state index in [0.717, 1.165) is 16.2 Å². The Balaban J connectivity index is 1.80. The molecule has 1 aliphatic rings. The summed E-state index contributed by atoms with van der Waals surface area (Å²) < 4.78 is 83.2. The van der Waals surface area contributed by atoms with Gasteiger partial charge in [0.1, 0.15) is 5.01 Å². The van der Waals surface area contributed by atoms with Crippen LogP contribution in [-0.2, 0) is 28.9 Å². The third-order valence-electron chi connectivity index (χ3n) is 4.33. The van der Waals surface area contributed by atoms with E-state index in [1.807, 2.05) is 0 Å². The van der Waals surface area contributed by atoms with Gasteiger partial charge in [0.15, 0.2) is 5.69 Å². The Kier molecular flexibility index (Phi) is 5.58. The molecular weight excluding hydrogens is 414 g/mol. The quantitative estimate of drug-likeness (QED) is 0.657. The molecule has 0 N–H and O–H groups in total. The molecule has 0 aromatic carbocycles. The average Bonchev–Trinajstić information content (AvgIpc) is 3.17. The number of alkyl halides is 6. The molecule has 0 saturated carbocycles. The summed E-state index contributed by atoms with van der Waals surface area (Å²) in [6.45, 7) is -0.419. The predicted molar refractivity (Wildman–Crippen MR) is 85.4 cm³/mol. The highest BCUT2D eigenvalue weighted by atomic mass is 32.1. The van der Waals surface area contributed by atoms with Gasteiger partial charge in [0.2, 0.25) is 10.9 Å². The van der Waals surface area contributed by atoms with E-state index in [9.17, 15) is 31.1 Å². The lowest BCUT2D eigenvalue weighted by molar-refractivity contribution is -0.144. The number of fused-ring (bicyclic) bond motifs is 1. The van der Waals surface area contributed by atoms with Gasteiger partial charge < -0.3 is 9.64 Å². The fourth-order valence-corrected chi connectivity index (χ4v) is 4.04. The molecule has 3 heterocycles. The standard InChI is InChI=1S/C15H16F6N4O2S/c1-27-7-10-23-25-12(15(19,20)21)9(22-13(25)28-10)6-24-5-8(4-11(24)26)2-3-14(16,17)18/h8H,2-7H2,1H3. The number of rotatable bonds is 6. The molecule has 0 spiro atoms. The van der Waals surface area contributed by atoms with Crippen molar-refractivity contribution < 1.29 is 35.9 Å². The first-order valence-corrected chi connectivity index (χ1v) is 9.07. The van der Waals surface area contributed by atoms with Crippen LogP contribution in [0.25, 0.3) is 4.96 Å². The first-order valence-electron chi connectivity index (χ1n) is 8.26. The zero-order valence-electron chi connectivity index (χ0n) is 14.6. The van der Waals surface area contributed by atoms with Crippen LogP contribution in [0.4, 0.5) is 26.3 Å². The van der Waals surface area contributed by atoms with E-state index in [1.165, 1.54) is 7.11 Å². The Morgan fingerprint density at radius 3 is 2.57 bits per heavy atom. The van der Waals surface area contributed by atoms with E-state index in [1.54, 1.807) is 0 Å². The predicted octanol–water partition coefficient (Wildman–Crippen LogP) is 3.65. The molecule has 2 aromatic heterocycles. The van der Waals surface area contributed by atoms with E-state index in [2.05, 4.69) is 10.1 Å². The minimum Gasteiger partial charge on any atom is -0.377 e. The smallest absolute Gasteiger partial charge is 0.377 e. The van der Waals surface area contributed by atoms with Crippen molar-refractivity contribution in [3.8, 4) is 0 Å². The number of likely N-dealkylation sites (tertiary alicyclic amines) is 1. The van der Waals surface area contributed by atoms with Crippen LogP contribution in [0.15, 0.2) is 0 Å². The average molecular weight is 430 g/mol. The lowest BCUT2D eigenvalue weighted by Gasteiger charge is -2.17. The van der Waals surface area contributed by atoms with Crippen LogP contribution >= 0.6 is 11.3 Å².